The van der Waals surface area contributed by atoms with Crippen LogP contribution in [-0.2, 0) is 16.0 Å². The number of benzene rings is 1. The molecule has 0 radical (unpaired) electrons. The lowest BCUT2D eigenvalue weighted by Gasteiger charge is -2.07. The number of carbonyl (C=O) groups is 1. The second-order valence-electron chi connectivity index (χ2n) is 3.12. The Labute approximate surface area is 89.5 Å². The average Bonchev–Trinajstić information content (AvgIpc) is 2.18. The van der Waals surface area contributed by atoms with Gasteiger partial charge in [0.05, 0.1) is 6.42 Å². The van der Waals surface area contributed by atoms with Crippen LogP contribution in [0.2, 0.25) is 0 Å². The van der Waals surface area contributed by atoms with Gasteiger partial charge >= 0.3 is 12.1 Å². The lowest BCUT2D eigenvalue weighted by atomic mass is 10.1. The zero-order valence-corrected chi connectivity index (χ0v) is 8.12. The van der Waals surface area contributed by atoms with Gasteiger partial charge < -0.3 is 9.84 Å². The Morgan fingerprint density at radius 3 is 2.31 bits per heavy atom. The lowest BCUT2D eigenvalue weighted by Crippen LogP contribution is -2.21. The van der Waals surface area contributed by atoms with E-state index in [1.165, 1.54) is 24.3 Å². The molecule has 0 amide bonds. The van der Waals surface area contributed by atoms with Crippen LogP contribution in [-0.4, -0.2) is 23.9 Å². The third kappa shape index (κ3) is 4.68. The fourth-order valence-electron chi connectivity index (χ4n) is 0.994. The van der Waals surface area contributed by atoms with Gasteiger partial charge in [-0.25, -0.2) is 0 Å². The van der Waals surface area contributed by atoms with E-state index in [1.54, 1.807) is 0 Å². The maximum absolute atomic E-state index is 11.7. The van der Waals surface area contributed by atoms with Crippen LogP contribution in [0.15, 0.2) is 24.3 Å². The van der Waals surface area contributed by atoms with Crippen LogP contribution < -0.4 is 0 Å². The third-order valence-corrected chi connectivity index (χ3v) is 1.68. The maximum atomic E-state index is 11.7. The highest BCUT2D eigenvalue weighted by atomic mass is 19.4. The fourth-order valence-corrected chi connectivity index (χ4v) is 0.994. The predicted molar refractivity (Wildman–Crippen MR) is 48.8 cm³/mol. The van der Waals surface area contributed by atoms with Crippen molar-refractivity contribution >= 4 is 5.97 Å². The molecule has 0 atom stereocenters. The second kappa shape index (κ2) is 4.87. The van der Waals surface area contributed by atoms with E-state index in [0.717, 1.165) is 0 Å². The first-order chi connectivity index (χ1) is 7.37. The number of esters is 1. The van der Waals surface area contributed by atoms with Gasteiger partial charge in [0.2, 0.25) is 0 Å². The Bertz CT molecular complexity index is 357. The highest BCUT2D eigenvalue weighted by Crippen LogP contribution is 2.15. The minimum absolute atomic E-state index is 0.0207. The number of alkyl halides is 3. The minimum atomic E-state index is -4.51. The van der Waals surface area contributed by atoms with Crippen molar-refractivity contribution < 1.29 is 27.8 Å². The molecule has 0 aliphatic carbocycles. The van der Waals surface area contributed by atoms with Crippen molar-refractivity contribution in [1.82, 2.24) is 0 Å². The van der Waals surface area contributed by atoms with Gasteiger partial charge in [0, 0.05) is 0 Å². The van der Waals surface area contributed by atoms with Crippen molar-refractivity contribution in [2.75, 3.05) is 6.61 Å². The first-order valence-corrected chi connectivity index (χ1v) is 4.37. The van der Waals surface area contributed by atoms with Gasteiger partial charge in [0.15, 0.2) is 6.61 Å². The Kier molecular flexibility index (Phi) is 3.76. The van der Waals surface area contributed by atoms with Crippen LogP contribution >= 0.6 is 0 Å². The standard InChI is InChI=1S/C10H9F3O3/c11-10(12,13)6-16-9(15)5-7-1-3-8(14)4-2-7/h1-4,14H,5-6H2. The SMILES string of the molecule is O=C(Cc1ccc(O)cc1)OCC(F)(F)F. The van der Waals surface area contributed by atoms with Crippen LogP contribution in [0.5, 0.6) is 5.75 Å². The first-order valence-electron chi connectivity index (χ1n) is 4.37. The van der Waals surface area contributed by atoms with Gasteiger partial charge in [-0.3, -0.25) is 4.79 Å². The van der Waals surface area contributed by atoms with Gasteiger partial charge in [-0.15, -0.1) is 0 Å². The Balaban J connectivity index is 2.43. The highest BCUT2D eigenvalue weighted by molar-refractivity contribution is 5.72. The van der Waals surface area contributed by atoms with E-state index in [9.17, 15) is 18.0 Å². The number of rotatable bonds is 3. The zero-order valence-electron chi connectivity index (χ0n) is 8.12. The summed E-state index contributed by atoms with van der Waals surface area (Å²) in [6, 6.07) is 5.55. The summed E-state index contributed by atoms with van der Waals surface area (Å²) in [6.07, 6.45) is -4.76. The number of ether oxygens (including phenoxy) is 1. The molecule has 0 fully saturated rings. The molecule has 0 aliphatic rings. The van der Waals surface area contributed by atoms with Crippen molar-refractivity contribution in [3.63, 3.8) is 0 Å². The normalized spacial score (nSPS) is 11.2. The molecule has 0 saturated carbocycles. The van der Waals surface area contributed by atoms with Crippen molar-refractivity contribution in [3.8, 4) is 5.75 Å². The summed E-state index contributed by atoms with van der Waals surface area (Å²) in [6.45, 7) is -1.58. The molecule has 1 N–H and O–H groups in total. The predicted octanol–water partition coefficient (Wildman–Crippen LogP) is 2.04. The first kappa shape index (κ1) is 12.4. The Morgan fingerprint density at radius 2 is 1.81 bits per heavy atom. The van der Waals surface area contributed by atoms with Crippen molar-refractivity contribution in [2.24, 2.45) is 0 Å². The number of aromatic hydroxyl groups is 1. The summed E-state index contributed by atoms with van der Waals surface area (Å²) in [5.41, 5.74) is 0.477. The van der Waals surface area contributed by atoms with Crippen LogP contribution in [0.4, 0.5) is 13.2 Å². The molecule has 0 aliphatic heterocycles. The molecule has 0 heterocycles. The van der Waals surface area contributed by atoms with E-state index in [-0.39, 0.29) is 12.2 Å². The van der Waals surface area contributed by atoms with Gasteiger partial charge in [-0.2, -0.15) is 13.2 Å². The number of hydrogen-bond donors (Lipinski definition) is 1. The van der Waals surface area contributed by atoms with E-state index >= 15 is 0 Å². The highest BCUT2D eigenvalue weighted by Gasteiger charge is 2.29. The average molecular weight is 234 g/mol. The monoisotopic (exact) mass is 234 g/mol. The van der Waals surface area contributed by atoms with Gasteiger partial charge in [-0.1, -0.05) is 12.1 Å². The molecule has 88 valence electrons. The van der Waals surface area contributed by atoms with E-state index in [4.69, 9.17) is 5.11 Å². The van der Waals surface area contributed by atoms with E-state index in [2.05, 4.69) is 4.74 Å². The largest absolute Gasteiger partial charge is 0.508 e. The lowest BCUT2D eigenvalue weighted by molar-refractivity contribution is -0.185. The zero-order chi connectivity index (χ0) is 12.2. The van der Waals surface area contributed by atoms with E-state index in [0.29, 0.717) is 5.56 Å². The fraction of sp³-hybridized carbons (Fsp3) is 0.300. The molecule has 0 unspecified atom stereocenters. The molecule has 3 nitrogen and oxygen atoms in total. The van der Waals surface area contributed by atoms with Crippen molar-refractivity contribution in [1.29, 1.82) is 0 Å². The number of halogens is 3. The Morgan fingerprint density at radius 1 is 1.25 bits per heavy atom. The minimum Gasteiger partial charge on any atom is -0.508 e. The van der Waals surface area contributed by atoms with Crippen LogP contribution in [0.25, 0.3) is 0 Å². The van der Waals surface area contributed by atoms with E-state index < -0.39 is 18.8 Å². The van der Waals surface area contributed by atoms with Crippen LogP contribution in [0.1, 0.15) is 5.56 Å². The van der Waals surface area contributed by atoms with E-state index in [1.807, 2.05) is 0 Å². The molecule has 0 bridgehead atoms. The molecular formula is C10H9F3O3. The second-order valence-corrected chi connectivity index (χ2v) is 3.12. The number of phenols is 1. The maximum Gasteiger partial charge on any atom is 0.422 e. The molecule has 1 aromatic carbocycles. The summed E-state index contributed by atoms with van der Waals surface area (Å²) < 4.78 is 39.1. The van der Waals surface area contributed by atoms with Crippen LogP contribution in [0.3, 0.4) is 0 Å². The van der Waals surface area contributed by atoms with Crippen molar-refractivity contribution in [2.45, 2.75) is 12.6 Å². The number of hydrogen-bond acceptors (Lipinski definition) is 3. The summed E-state index contributed by atoms with van der Waals surface area (Å²) >= 11 is 0. The molecule has 6 heteroatoms. The smallest absolute Gasteiger partial charge is 0.422 e. The molecule has 16 heavy (non-hydrogen) atoms. The Hall–Kier alpha value is -1.72. The van der Waals surface area contributed by atoms with Crippen LogP contribution in [0, 0.1) is 0 Å². The van der Waals surface area contributed by atoms with Gasteiger partial charge in [0.25, 0.3) is 0 Å². The number of carbonyl (C=O) groups excluding carboxylic acids is 1. The molecule has 1 rings (SSSR count). The molecule has 0 aromatic heterocycles. The topological polar surface area (TPSA) is 46.5 Å². The molecule has 0 saturated heterocycles. The molecular weight excluding hydrogens is 225 g/mol. The summed E-state index contributed by atoms with van der Waals surface area (Å²) in [5, 5.41) is 8.94. The van der Waals surface area contributed by atoms with Gasteiger partial charge in [-0.05, 0) is 17.7 Å². The van der Waals surface area contributed by atoms with Gasteiger partial charge in [0.1, 0.15) is 5.75 Å². The summed E-state index contributed by atoms with van der Waals surface area (Å²) in [5.74, 6) is -0.935. The molecule has 1 aromatic rings. The van der Waals surface area contributed by atoms with Crippen molar-refractivity contribution in [3.05, 3.63) is 29.8 Å². The third-order valence-electron chi connectivity index (χ3n) is 1.68. The summed E-state index contributed by atoms with van der Waals surface area (Å²) in [7, 11) is 0. The quantitative estimate of drug-likeness (QED) is 0.814. The molecule has 0 spiro atoms. The number of phenolic OH excluding ortho intramolecular Hbond substituents is 1. The summed E-state index contributed by atoms with van der Waals surface area (Å²) in [4.78, 5) is 11.0.